The highest BCUT2D eigenvalue weighted by Gasteiger charge is 2.03. The number of aromatic nitrogens is 1. The molecule has 4 heteroatoms. The van der Waals surface area contributed by atoms with Crippen molar-refractivity contribution in [1.82, 2.24) is 4.98 Å². The molecule has 66 valence electrons. The third-order valence-electron chi connectivity index (χ3n) is 1.66. The monoisotopic (exact) mass is 211 g/mol. The van der Waals surface area contributed by atoms with E-state index >= 15 is 0 Å². The summed E-state index contributed by atoms with van der Waals surface area (Å²) in [4.78, 5) is 15.2. The molecule has 13 heavy (non-hydrogen) atoms. The van der Waals surface area contributed by atoms with Gasteiger partial charge in [0.25, 0.3) is 0 Å². The number of hydrogen-bond acceptors (Lipinski definition) is 2. The number of carbonyl (C=O) groups is 1. The second kappa shape index (κ2) is 3.36. The van der Waals surface area contributed by atoms with E-state index in [-0.39, 0.29) is 0 Å². The summed E-state index contributed by atoms with van der Waals surface area (Å²) in [6, 6.07) is 7.37. The standard InChI is InChI=1S/C9H6ClNOS/c10-9-4-2-7(11-9)8-3-1-6(5-12)13-8/h1-5,11H. The van der Waals surface area contributed by atoms with Crippen LogP contribution in [0.15, 0.2) is 24.3 Å². The van der Waals surface area contributed by atoms with Crippen molar-refractivity contribution in [2.75, 3.05) is 0 Å². The van der Waals surface area contributed by atoms with Crippen molar-refractivity contribution in [2.45, 2.75) is 0 Å². The summed E-state index contributed by atoms with van der Waals surface area (Å²) in [6.45, 7) is 0. The van der Waals surface area contributed by atoms with Gasteiger partial charge in [-0.25, -0.2) is 0 Å². The molecule has 0 spiro atoms. The van der Waals surface area contributed by atoms with Crippen LogP contribution in [0, 0.1) is 0 Å². The van der Waals surface area contributed by atoms with Crippen LogP contribution >= 0.6 is 22.9 Å². The molecule has 0 aliphatic carbocycles. The van der Waals surface area contributed by atoms with Crippen molar-refractivity contribution in [3.05, 3.63) is 34.3 Å². The van der Waals surface area contributed by atoms with E-state index in [9.17, 15) is 4.79 Å². The van der Waals surface area contributed by atoms with Crippen molar-refractivity contribution in [2.24, 2.45) is 0 Å². The van der Waals surface area contributed by atoms with Gasteiger partial charge in [0, 0.05) is 0 Å². The Balaban J connectivity index is 2.40. The van der Waals surface area contributed by atoms with E-state index < -0.39 is 0 Å². The van der Waals surface area contributed by atoms with E-state index in [0.29, 0.717) is 5.15 Å². The van der Waals surface area contributed by atoms with E-state index in [2.05, 4.69) is 4.98 Å². The van der Waals surface area contributed by atoms with Gasteiger partial charge in [0.15, 0.2) is 6.29 Å². The topological polar surface area (TPSA) is 32.9 Å². The van der Waals surface area contributed by atoms with Gasteiger partial charge in [-0.05, 0) is 24.3 Å². The number of aldehydes is 1. The molecule has 0 radical (unpaired) electrons. The van der Waals surface area contributed by atoms with Crippen LogP contribution in [-0.4, -0.2) is 11.3 Å². The van der Waals surface area contributed by atoms with Crippen LogP contribution in [0.3, 0.4) is 0 Å². The lowest BCUT2D eigenvalue weighted by Gasteiger charge is -1.88. The van der Waals surface area contributed by atoms with Gasteiger partial charge in [-0.15, -0.1) is 11.3 Å². The van der Waals surface area contributed by atoms with Crippen molar-refractivity contribution in [3.63, 3.8) is 0 Å². The second-order valence-corrected chi connectivity index (χ2v) is 4.06. The van der Waals surface area contributed by atoms with Crippen molar-refractivity contribution in [3.8, 4) is 10.6 Å². The maximum atomic E-state index is 10.4. The minimum atomic E-state index is 0.607. The van der Waals surface area contributed by atoms with E-state index in [4.69, 9.17) is 11.6 Å². The fraction of sp³-hybridized carbons (Fsp3) is 0. The average Bonchev–Trinajstić information content (AvgIpc) is 2.71. The minimum Gasteiger partial charge on any atom is -0.345 e. The van der Waals surface area contributed by atoms with Crippen LogP contribution in [0.25, 0.3) is 10.6 Å². The molecular weight excluding hydrogens is 206 g/mol. The number of H-pyrrole nitrogens is 1. The zero-order valence-corrected chi connectivity index (χ0v) is 8.15. The summed E-state index contributed by atoms with van der Waals surface area (Å²) in [5.74, 6) is 0. The Bertz CT molecular complexity index is 432. The molecule has 0 saturated carbocycles. The van der Waals surface area contributed by atoms with Gasteiger partial charge in [0.05, 0.1) is 15.4 Å². The normalized spacial score (nSPS) is 10.2. The average molecular weight is 212 g/mol. The van der Waals surface area contributed by atoms with Crippen LogP contribution in [0.2, 0.25) is 5.15 Å². The smallest absolute Gasteiger partial charge is 0.160 e. The predicted octanol–water partition coefficient (Wildman–Crippen LogP) is 3.21. The summed E-state index contributed by atoms with van der Waals surface area (Å²) >= 11 is 7.17. The first kappa shape index (κ1) is 8.53. The summed E-state index contributed by atoms with van der Waals surface area (Å²) < 4.78 is 0. The first-order chi connectivity index (χ1) is 6.29. The number of thiophene rings is 1. The maximum Gasteiger partial charge on any atom is 0.160 e. The Morgan fingerprint density at radius 2 is 2.15 bits per heavy atom. The van der Waals surface area contributed by atoms with E-state index in [1.807, 2.05) is 12.1 Å². The largest absolute Gasteiger partial charge is 0.345 e. The quantitative estimate of drug-likeness (QED) is 0.761. The molecule has 2 heterocycles. The molecule has 2 rings (SSSR count). The molecule has 2 nitrogen and oxygen atoms in total. The predicted molar refractivity (Wildman–Crippen MR) is 54.5 cm³/mol. The molecule has 0 aromatic carbocycles. The van der Waals surface area contributed by atoms with Crippen molar-refractivity contribution < 1.29 is 4.79 Å². The molecule has 0 aliphatic rings. The molecule has 0 atom stereocenters. The number of aromatic amines is 1. The number of hydrogen-bond donors (Lipinski definition) is 1. The Labute approximate surface area is 84.2 Å². The van der Waals surface area contributed by atoms with Crippen LogP contribution in [0.5, 0.6) is 0 Å². The Kier molecular flexibility index (Phi) is 2.20. The zero-order valence-electron chi connectivity index (χ0n) is 6.58. The summed E-state index contributed by atoms with van der Waals surface area (Å²) in [5, 5.41) is 0.607. The highest BCUT2D eigenvalue weighted by molar-refractivity contribution is 7.17. The van der Waals surface area contributed by atoms with Crippen LogP contribution in [-0.2, 0) is 0 Å². The summed E-state index contributed by atoms with van der Waals surface area (Å²) in [7, 11) is 0. The van der Waals surface area contributed by atoms with Gasteiger partial charge >= 0.3 is 0 Å². The molecule has 0 unspecified atom stereocenters. The number of halogens is 1. The van der Waals surface area contributed by atoms with Gasteiger partial charge in [-0.3, -0.25) is 4.79 Å². The molecule has 2 aromatic rings. The Morgan fingerprint density at radius 1 is 1.31 bits per heavy atom. The lowest BCUT2D eigenvalue weighted by Crippen LogP contribution is -1.68. The van der Waals surface area contributed by atoms with Crippen LogP contribution < -0.4 is 0 Å². The zero-order chi connectivity index (χ0) is 9.26. The van der Waals surface area contributed by atoms with Crippen LogP contribution in [0.4, 0.5) is 0 Å². The summed E-state index contributed by atoms with van der Waals surface area (Å²) in [6.07, 6.45) is 0.846. The highest BCUT2D eigenvalue weighted by atomic mass is 35.5. The fourth-order valence-electron chi connectivity index (χ4n) is 1.07. The molecular formula is C9H6ClNOS. The SMILES string of the molecule is O=Cc1ccc(-c2ccc(Cl)[nH]2)s1. The number of carbonyl (C=O) groups excluding carboxylic acids is 1. The van der Waals surface area contributed by atoms with Gasteiger partial charge in [-0.1, -0.05) is 11.6 Å². The van der Waals surface area contributed by atoms with E-state index in [0.717, 1.165) is 21.7 Å². The van der Waals surface area contributed by atoms with Crippen molar-refractivity contribution >= 4 is 29.2 Å². The lowest BCUT2D eigenvalue weighted by atomic mass is 10.3. The van der Waals surface area contributed by atoms with Crippen LogP contribution in [0.1, 0.15) is 9.67 Å². The second-order valence-electron chi connectivity index (χ2n) is 2.54. The Hall–Kier alpha value is -1.06. The molecule has 2 aromatic heterocycles. The van der Waals surface area contributed by atoms with E-state index in [1.54, 1.807) is 12.1 Å². The summed E-state index contributed by atoms with van der Waals surface area (Å²) in [5.41, 5.74) is 0.947. The third-order valence-corrected chi connectivity index (χ3v) is 2.92. The van der Waals surface area contributed by atoms with E-state index in [1.165, 1.54) is 11.3 Å². The highest BCUT2D eigenvalue weighted by Crippen LogP contribution is 2.27. The van der Waals surface area contributed by atoms with Gasteiger partial charge in [0.1, 0.15) is 5.15 Å². The molecule has 0 fully saturated rings. The third kappa shape index (κ3) is 1.66. The number of nitrogens with one attached hydrogen (secondary N) is 1. The molecule has 0 aliphatic heterocycles. The first-order valence-corrected chi connectivity index (χ1v) is 4.89. The first-order valence-electron chi connectivity index (χ1n) is 3.69. The molecule has 0 amide bonds. The van der Waals surface area contributed by atoms with Gasteiger partial charge in [0.2, 0.25) is 0 Å². The maximum absolute atomic E-state index is 10.4. The lowest BCUT2D eigenvalue weighted by molar-refractivity contribution is 0.112. The van der Waals surface area contributed by atoms with Gasteiger partial charge < -0.3 is 4.98 Å². The number of rotatable bonds is 2. The van der Waals surface area contributed by atoms with Crippen molar-refractivity contribution in [1.29, 1.82) is 0 Å². The Morgan fingerprint density at radius 3 is 2.69 bits per heavy atom. The molecule has 0 saturated heterocycles. The molecule has 0 bridgehead atoms. The van der Waals surface area contributed by atoms with Gasteiger partial charge in [-0.2, -0.15) is 0 Å². The molecule has 1 N–H and O–H groups in total. The fourth-order valence-corrected chi connectivity index (χ4v) is 2.04. The minimum absolute atomic E-state index is 0.607.